The molecule has 1 aromatic carbocycles. The summed E-state index contributed by atoms with van der Waals surface area (Å²) in [7, 11) is 0. The predicted molar refractivity (Wildman–Crippen MR) is 52.2 cm³/mol. The van der Waals surface area contributed by atoms with Crippen LogP contribution >= 0.6 is 0 Å². The van der Waals surface area contributed by atoms with Crippen molar-refractivity contribution >= 4 is 5.69 Å². The molecule has 2 atom stereocenters. The summed E-state index contributed by atoms with van der Waals surface area (Å²) in [6, 6.07) is 3.98. The topological polar surface area (TPSA) is 12.0 Å². The van der Waals surface area contributed by atoms with Crippen LogP contribution in [0.15, 0.2) is 18.2 Å². The highest BCUT2D eigenvalue weighted by Crippen LogP contribution is 2.30. The van der Waals surface area contributed by atoms with Crippen LogP contribution in [0, 0.1) is 17.6 Å². The number of hydrogen-bond acceptors (Lipinski definition) is 1. The minimum absolute atomic E-state index is 0.343. The van der Waals surface area contributed by atoms with Crippen molar-refractivity contribution in [2.45, 2.75) is 25.8 Å². The largest absolute Gasteiger partial charge is 0.380 e. The summed E-state index contributed by atoms with van der Waals surface area (Å²) in [4.78, 5) is 0. The number of rotatable bonds is 2. The van der Waals surface area contributed by atoms with Gasteiger partial charge >= 0.3 is 0 Å². The van der Waals surface area contributed by atoms with E-state index in [9.17, 15) is 8.78 Å². The molecule has 1 aliphatic carbocycles. The maximum atomic E-state index is 13.2. The van der Waals surface area contributed by atoms with Gasteiger partial charge in [-0.1, -0.05) is 6.92 Å². The second-order valence-corrected chi connectivity index (χ2v) is 3.93. The van der Waals surface area contributed by atoms with Gasteiger partial charge in [-0.25, -0.2) is 8.78 Å². The minimum Gasteiger partial charge on any atom is -0.380 e. The van der Waals surface area contributed by atoms with Gasteiger partial charge in [-0.2, -0.15) is 0 Å². The molecule has 1 nitrogen and oxygen atoms in total. The zero-order valence-electron chi connectivity index (χ0n) is 8.06. The molecule has 1 N–H and O–H groups in total. The summed E-state index contributed by atoms with van der Waals surface area (Å²) in [6.07, 6.45) is 2.25. The smallest absolute Gasteiger partial charge is 0.149 e. The SMILES string of the molecule is CC1CCC1Nc1ccc(F)cc1F. The van der Waals surface area contributed by atoms with E-state index in [-0.39, 0.29) is 0 Å². The van der Waals surface area contributed by atoms with E-state index in [1.807, 2.05) is 0 Å². The van der Waals surface area contributed by atoms with Crippen LogP contribution in [0.5, 0.6) is 0 Å². The van der Waals surface area contributed by atoms with E-state index in [2.05, 4.69) is 12.2 Å². The van der Waals surface area contributed by atoms with Gasteiger partial charge in [0.25, 0.3) is 0 Å². The average Bonchev–Trinajstić information content (AvgIpc) is 2.14. The highest BCUT2D eigenvalue weighted by atomic mass is 19.1. The third kappa shape index (κ3) is 1.72. The van der Waals surface area contributed by atoms with Crippen molar-refractivity contribution < 1.29 is 8.78 Å². The summed E-state index contributed by atoms with van der Waals surface area (Å²) in [5.41, 5.74) is 0.406. The van der Waals surface area contributed by atoms with E-state index < -0.39 is 11.6 Å². The molecular weight excluding hydrogens is 184 g/mol. The van der Waals surface area contributed by atoms with Crippen molar-refractivity contribution in [2.75, 3.05) is 5.32 Å². The van der Waals surface area contributed by atoms with E-state index in [1.165, 1.54) is 18.6 Å². The Morgan fingerprint density at radius 2 is 2.07 bits per heavy atom. The Morgan fingerprint density at radius 1 is 1.29 bits per heavy atom. The van der Waals surface area contributed by atoms with Crippen LogP contribution in [0.4, 0.5) is 14.5 Å². The molecule has 0 aromatic heterocycles. The second-order valence-electron chi connectivity index (χ2n) is 3.93. The molecule has 0 aliphatic heterocycles. The van der Waals surface area contributed by atoms with E-state index in [0.29, 0.717) is 17.6 Å². The van der Waals surface area contributed by atoms with Crippen molar-refractivity contribution in [2.24, 2.45) is 5.92 Å². The van der Waals surface area contributed by atoms with Gasteiger partial charge in [0.15, 0.2) is 0 Å². The van der Waals surface area contributed by atoms with E-state index in [0.717, 1.165) is 12.5 Å². The zero-order valence-corrected chi connectivity index (χ0v) is 8.06. The molecule has 1 aromatic rings. The zero-order chi connectivity index (χ0) is 10.1. The Morgan fingerprint density at radius 3 is 2.57 bits per heavy atom. The molecule has 2 unspecified atom stereocenters. The fourth-order valence-electron chi connectivity index (χ4n) is 1.69. The van der Waals surface area contributed by atoms with Gasteiger partial charge in [0.2, 0.25) is 0 Å². The monoisotopic (exact) mass is 197 g/mol. The van der Waals surface area contributed by atoms with E-state index in [4.69, 9.17) is 0 Å². The van der Waals surface area contributed by atoms with Crippen LogP contribution in [-0.4, -0.2) is 6.04 Å². The number of anilines is 1. The van der Waals surface area contributed by atoms with Crippen molar-refractivity contribution in [3.05, 3.63) is 29.8 Å². The molecule has 0 bridgehead atoms. The van der Waals surface area contributed by atoms with Crippen molar-refractivity contribution in [3.63, 3.8) is 0 Å². The maximum Gasteiger partial charge on any atom is 0.149 e. The Balaban J connectivity index is 2.09. The normalized spacial score (nSPS) is 25.6. The van der Waals surface area contributed by atoms with Gasteiger partial charge in [-0.3, -0.25) is 0 Å². The molecule has 0 radical (unpaired) electrons. The lowest BCUT2D eigenvalue weighted by Crippen LogP contribution is -2.36. The second kappa shape index (κ2) is 3.56. The van der Waals surface area contributed by atoms with Crippen molar-refractivity contribution in [1.29, 1.82) is 0 Å². The molecule has 76 valence electrons. The van der Waals surface area contributed by atoms with Gasteiger partial charge in [0.1, 0.15) is 11.6 Å². The standard InChI is InChI=1S/C11H13F2N/c1-7-2-4-10(7)14-11-5-3-8(12)6-9(11)13/h3,5-7,10,14H,2,4H2,1H3. The van der Waals surface area contributed by atoms with Gasteiger partial charge in [-0.15, -0.1) is 0 Å². The number of hydrogen-bond donors (Lipinski definition) is 1. The first-order valence-electron chi connectivity index (χ1n) is 4.88. The molecular formula is C11H13F2N. The lowest BCUT2D eigenvalue weighted by molar-refractivity contribution is 0.302. The van der Waals surface area contributed by atoms with Gasteiger partial charge in [0, 0.05) is 12.1 Å². The number of benzene rings is 1. The van der Waals surface area contributed by atoms with Crippen LogP contribution in [0.1, 0.15) is 19.8 Å². The lowest BCUT2D eigenvalue weighted by Gasteiger charge is -2.35. The Labute approximate surface area is 82.1 Å². The first-order chi connectivity index (χ1) is 6.66. The summed E-state index contributed by atoms with van der Waals surface area (Å²) >= 11 is 0. The fourth-order valence-corrected chi connectivity index (χ4v) is 1.69. The third-order valence-electron chi connectivity index (χ3n) is 2.89. The third-order valence-corrected chi connectivity index (χ3v) is 2.89. The lowest BCUT2D eigenvalue weighted by atomic mass is 9.81. The van der Waals surface area contributed by atoms with Gasteiger partial charge in [-0.05, 0) is 30.9 Å². The quantitative estimate of drug-likeness (QED) is 0.767. The Hall–Kier alpha value is -1.12. The summed E-state index contributed by atoms with van der Waals surface area (Å²) < 4.78 is 25.8. The molecule has 1 fully saturated rings. The Bertz CT molecular complexity index is 338. The van der Waals surface area contributed by atoms with Crippen molar-refractivity contribution in [1.82, 2.24) is 0 Å². The van der Waals surface area contributed by atoms with Gasteiger partial charge < -0.3 is 5.32 Å². The first-order valence-corrected chi connectivity index (χ1v) is 4.88. The minimum atomic E-state index is -0.533. The van der Waals surface area contributed by atoms with Crippen LogP contribution in [0.25, 0.3) is 0 Å². The van der Waals surface area contributed by atoms with Crippen molar-refractivity contribution in [3.8, 4) is 0 Å². The highest BCUT2D eigenvalue weighted by Gasteiger charge is 2.26. The Kier molecular flexibility index (Phi) is 2.40. The maximum absolute atomic E-state index is 13.2. The van der Waals surface area contributed by atoms with E-state index in [1.54, 1.807) is 0 Å². The van der Waals surface area contributed by atoms with Crippen LogP contribution in [0.2, 0.25) is 0 Å². The van der Waals surface area contributed by atoms with Crippen LogP contribution < -0.4 is 5.32 Å². The molecule has 0 heterocycles. The summed E-state index contributed by atoms with van der Waals surface area (Å²) in [5.74, 6) is -0.460. The predicted octanol–water partition coefficient (Wildman–Crippen LogP) is 3.18. The summed E-state index contributed by atoms with van der Waals surface area (Å²) in [6.45, 7) is 2.13. The first kappa shape index (κ1) is 9.44. The van der Waals surface area contributed by atoms with E-state index >= 15 is 0 Å². The molecule has 3 heteroatoms. The van der Waals surface area contributed by atoms with Crippen LogP contribution in [-0.2, 0) is 0 Å². The molecule has 1 saturated carbocycles. The van der Waals surface area contributed by atoms with Crippen LogP contribution in [0.3, 0.4) is 0 Å². The molecule has 0 saturated heterocycles. The highest BCUT2D eigenvalue weighted by molar-refractivity contribution is 5.46. The average molecular weight is 197 g/mol. The molecule has 0 amide bonds. The van der Waals surface area contributed by atoms with Gasteiger partial charge in [0.05, 0.1) is 5.69 Å². The number of halogens is 2. The molecule has 1 aliphatic rings. The molecule has 0 spiro atoms. The number of nitrogens with one attached hydrogen (secondary N) is 1. The fraction of sp³-hybridized carbons (Fsp3) is 0.455. The molecule has 2 rings (SSSR count). The molecule has 14 heavy (non-hydrogen) atoms. The summed E-state index contributed by atoms with van der Waals surface area (Å²) in [5, 5.41) is 3.08.